The maximum absolute atomic E-state index is 14.6. The van der Waals surface area contributed by atoms with Crippen LogP contribution in [0.4, 0.5) is 21.6 Å². The Hall–Kier alpha value is -3.65. The number of ketones is 1. The summed E-state index contributed by atoms with van der Waals surface area (Å²) in [5, 5.41) is 12.2. The number of fused-ring (bicyclic) bond motifs is 1. The minimum atomic E-state index is -0.474. The van der Waals surface area contributed by atoms with E-state index in [1.807, 2.05) is 6.07 Å². The molecule has 0 bridgehead atoms. The van der Waals surface area contributed by atoms with E-state index in [4.69, 9.17) is 0 Å². The Morgan fingerprint density at radius 3 is 2.77 bits per heavy atom. The van der Waals surface area contributed by atoms with Crippen molar-refractivity contribution in [3.8, 4) is 0 Å². The van der Waals surface area contributed by atoms with Gasteiger partial charge in [0.15, 0.2) is 5.78 Å². The predicted octanol–water partition coefficient (Wildman–Crippen LogP) is 4.26. The van der Waals surface area contributed by atoms with Gasteiger partial charge in [-0.05, 0) is 50.2 Å². The third-order valence-electron chi connectivity index (χ3n) is 5.34. The zero-order valence-electron chi connectivity index (χ0n) is 17.0. The van der Waals surface area contributed by atoms with Crippen LogP contribution in [0.1, 0.15) is 23.3 Å². The van der Waals surface area contributed by atoms with Gasteiger partial charge in [-0.25, -0.2) is 19.4 Å². The lowest BCUT2D eigenvalue weighted by atomic mass is 9.91. The number of aromatic nitrogens is 2. The molecular formula is C23H23FN6O. The molecule has 2 N–H and O–H groups in total. The van der Waals surface area contributed by atoms with Crippen molar-refractivity contribution in [3.05, 3.63) is 66.9 Å². The molecule has 0 unspecified atom stereocenters. The highest BCUT2D eigenvalue weighted by molar-refractivity contribution is 5.98. The van der Waals surface area contributed by atoms with Crippen LogP contribution in [0.3, 0.4) is 0 Å². The van der Waals surface area contributed by atoms with E-state index in [0.717, 1.165) is 31.3 Å². The fourth-order valence-corrected chi connectivity index (χ4v) is 3.65. The quantitative estimate of drug-likeness (QED) is 0.339. The SMILES string of the molecule is C=CN(N=C)c1ccc(Nc2cc3nc(C(=O)C4CCNCC4)ccc3cn2)c(F)c1. The molecule has 158 valence electrons. The molecule has 1 aliphatic rings. The van der Waals surface area contributed by atoms with Gasteiger partial charge in [-0.15, -0.1) is 0 Å². The number of nitrogens with zero attached hydrogens (tertiary/aromatic N) is 4. The van der Waals surface area contributed by atoms with E-state index in [2.05, 4.69) is 39.0 Å². The lowest BCUT2D eigenvalue weighted by molar-refractivity contribution is 0.0890. The summed E-state index contributed by atoms with van der Waals surface area (Å²) >= 11 is 0. The Balaban J connectivity index is 1.58. The molecule has 0 spiro atoms. The molecule has 0 saturated carbocycles. The largest absolute Gasteiger partial charge is 0.338 e. The Morgan fingerprint density at radius 1 is 1.26 bits per heavy atom. The fourth-order valence-electron chi connectivity index (χ4n) is 3.65. The Morgan fingerprint density at radius 2 is 2.06 bits per heavy atom. The van der Waals surface area contributed by atoms with E-state index in [9.17, 15) is 9.18 Å². The molecule has 0 amide bonds. The summed E-state index contributed by atoms with van der Waals surface area (Å²) in [5.74, 6) is 0.0237. The number of benzene rings is 1. The van der Waals surface area contributed by atoms with Crippen LogP contribution in [0.5, 0.6) is 0 Å². The topological polar surface area (TPSA) is 82.5 Å². The highest BCUT2D eigenvalue weighted by Crippen LogP contribution is 2.26. The third-order valence-corrected chi connectivity index (χ3v) is 5.34. The number of hydrogen-bond acceptors (Lipinski definition) is 7. The Labute approximate surface area is 179 Å². The molecule has 4 rings (SSSR count). The Bertz CT molecular complexity index is 1130. The standard InChI is InChI=1S/C23H23FN6O/c1-3-30(25-2)17-5-7-19(18(24)12-17)29-22-13-21-16(14-27-22)4-6-20(28-21)23(31)15-8-10-26-11-9-15/h3-7,12-15,26H,1-2,8-11H2,(H,27,29). The molecule has 3 heterocycles. The first-order valence-electron chi connectivity index (χ1n) is 10.1. The molecule has 8 heteroatoms. The summed E-state index contributed by atoms with van der Waals surface area (Å²) in [5.41, 5.74) is 1.84. The number of piperidine rings is 1. The minimum Gasteiger partial charge on any atom is -0.338 e. The van der Waals surface area contributed by atoms with E-state index in [-0.39, 0.29) is 17.4 Å². The summed E-state index contributed by atoms with van der Waals surface area (Å²) < 4.78 is 14.6. The maximum atomic E-state index is 14.6. The van der Waals surface area contributed by atoms with Gasteiger partial charge in [-0.1, -0.05) is 6.58 Å². The number of carbonyl (C=O) groups is 1. The number of hydrazone groups is 1. The zero-order valence-corrected chi connectivity index (χ0v) is 17.0. The zero-order chi connectivity index (χ0) is 21.8. The van der Waals surface area contributed by atoms with Crippen LogP contribution >= 0.6 is 0 Å². The fraction of sp³-hybridized carbons (Fsp3) is 0.217. The van der Waals surface area contributed by atoms with Crippen LogP contribution < -0.4 is 15.6 Å². The molecule has 31 heavy (non-hydrogen) atoms. The van der Waals surface area contributed by atoms with E-state index < -0.39 is 5.82 Å². The van der Waals surface area contributed by atoms with Crippen LogP contribution in [0.2, 0.25) is 0 Å². The second-order valence-electron chi connectivity index (χ2n) is 7.30. The molecular weight excluding hydrogens is 395 g/mol. The van der Waals surface area contributed by atoms with Crippen LogP contribution in [0, 0.1) is 11.7 Å². The summed E-state index contributed by atoms with van der Waals surface area (Å²) in [4.78, 5) is 21.7. The van der Waals surface area contributed by atoms with E-state index in [1.165, 1.54) is 17.3 Å². The van der Waals surface area contributed by atoms with Crippen LogP contribution in [0.15, 0.2) is 60.5 Å². The lowest BCUT2D eigenvalue weighted by Crippen LogP contribution is -2.32. The number of Topliss-reactive ketones (excluding diaryl/α,β-unsaturated/α-hetero) is 1. The van der Waals surface area contributed by atoms with Gasteiger partial charge in [0.05, 0.1) is 16.9 Å². The molecule has 7 nitrogen and oxygen atoms in total. The van der Waals surface area contributed by atoms with Crippen molar-refractivity contribution in [2.45, 2.75) is 12.8 Å². The molecule has 0 radical (unpaired) electrons. The average molecular weight is 418 g/mol. The number of anilines is 3. The van der Waals surface area contributed by atoms with E-state index in [1.54, 1.807) is 30.5 Å². The Kier molecular flexibility index (Phi) is 5.99. The van der Waals surface area contributed by atoms with Crippen molar-refractivity contribution in [1.82, 2.24) is 15.3 Å². The van der Waals surface area contributed by atoms with E-state index >= 15 is 0 Å². The molecule has 0 atom stereocenters. The lowest BCUT2D eigenvalue weighted by Gasteiger charge is -2.21. The number of hydrogen-bond donors (Lipinski definition) is 2. The van der Waals surface area contributed by atoms with Crippen molar-refractivity contribution in [1.29, 1.82) is 0 Å². The third kappa shape index (κ3) is 4.44. The van der Waals surface area contributed by atoms with Gasteiger partial charge in [-0.2, -0.15) is 5.10 Å². The van der Waals surface area contributed by atoms with Crippen molar-refractivity contribution in [3.63, 3.8) is 0 Å². The monoisotopic (exact) mass is 418 g/mol. The molecule has 2 aromatic heterocycles. The van der Waals surface area contributed by atoms with Crippen molar-refractivity contribution in [2.75, 3.05) is 23.4 Å². The van der Waals surface area contributed by atoms with Gasteiger partial charge in [0.1, 0.15) is 17.3 Å². The number of rotatable bonds is 7. The van der Waals surface area contributed by atoms with Crippen LogP contribution in [0.25, 0.3) is 10.9 Å². The minimum absolute atomic E-state index is 0.00145. The number of nitrogens with one attached hydrogen (secondary N) is 2. The van der Waals surface area contributed by atoms with Gasteiger partial charge >= 0.3 is 0 Å². The van der Waals surface area contributed by atoms with Crippen molar-refractivity contribution in [2.24, 2.45) is 11.0 Å². The summed E-state index contributed by atoms with van der Waals surface area (Å²) in [6.07, 6.45) is 4.73. The number of halogens is 1. The van der Waals surface area contributed by atoms with Crippen molar-refractivity contribution >= 4 is 40.6 Å². The summed E-state index contributed by atoms with van der Waals surface area (Å²) in [6.45, 7) is 8.74. The van der Waals surface area contributed by atoms with Crippen LogP contribution in [-0.4, -0.2) is 35.6 Å². The smallest absolute Gasteiger partial charge is 0.184 e. The second kappa shape index (κ2) is 9.01. The van der Waals surface area contributed by atoms with Gasteiger partial charge in [0, 0.05) is 42.6 Å². The van der Waals surface area contributed by atoms with Gasteiger partial charge in [-0.3, -0.25) is 4.79 Å². The molecule has 1 aromatic carbocycles. The van der Waals surface area contributed by atoms with Crippen LogP contribution in [-0.2, 0) is 0 Å². The predicted molar refractivity (Wildman–Crippen MR) is 121 cm³/mol. The summed E-state index contributed by atoms with van der Waals surface area (Å²) in [6, 6.07) is 9.91. The molecule has 1 aliphatic heterocycles. The number of carbonyl (C=O) groups excluding carboxylic acids is 1. The van der Waals surface area contributed by atoms with Gasteiger partial charge < -0.3 is 10.6 Å². The number of pyridine rings is 2. The molecule has 0 aliphatic carbocycles. The maximum Gasteiger partial charge on any atom is 0.184 e. The first kappa shape index (κ1) is 20.6. The van der Waals surface area contributed by atoms with Crippen molar-refractivity contribution < 1.29 is 9.18 Å². The normalized spacial score (nSPS) is 14.2. The highest BCUT2D eigenvalue weighted by atomic mass is 19.1. The average Bonchev–Trinajstić information content (AvgIpc) is 2.81. The first-order chi connectivity index (χ1) is 15.1. The molecule has 1 saturated heterocycles. The second-order valence-corrected chi connectivity index (χ2v) is 7.30. The van der Waals surface area contributed by atoms with Gasteiger partial charge in [0.2, 0.25) is 0 Å². The first-order valence-corrected chi connectivity index (χ1v) is 10.1. The molecule has 1 fully saturated rings. The van der Waals surface area contributed by atoms with Gasteiger partial charge in [0.25, 0.3) is 0 Å². The van der Waals surface area contributed by atoms with E-state index in [0.29, 0.717) is 22.7 Å². The summed E-state index contributed by atoms with van der Waals surface area (Å²) in [7, 11) is 0. The highest BCUT2D eigenvalue weighted by Gasteiger charge is 2.23. The molecule has 3 aromatic rings.